The van der Waals surface area contributed by atoms with E-state index in [4.69, 9.17) is 4.74 Å². The fraction of sp³-hybridized carbons (Fsp3) is 0.929. The van der Waals surface area contributed by atoms with Gasteiger partial charge in [0.25, 0.3) is 0 Å². The third-order valence-corrected chi connectivity index (χ3v) is 4.39. The van der Waals surface area contributed by atoms with Gasteiger partial charge in [-0.3, -0.25) is 0 Å². The van der Waals surface area contributed by atoms with Crippen LogP contribution in [0.25, 0.3) is 0 Å². The molecule has 110 valence electrons. The number of carbonyl (C=O) groups excluding carboxylic acids is 1. The Morgan fingerprint density at radius 2 is 2.00 bits per heavy atom. The minimum atomic E-state index is -0.196. The van der Waals surface area contributed by atoms with E-state index >= 15 is 0 Å². The van der Waals surface area contributed by atoms with E-state index in [0.717, 1.165) is 38.8 Å². The highest BCUT2D eigenvalue weighted by Crippen LogP contribution is 2.30. The Bertz CT molecular complexity index is 295. The Morgan fingerprint density at radius 3 is 2.53 bits per heavy atom. The molecular weight excluding hydrogens is 244 g/mol. The summed E-state index contributed by atoms with van der Waals surface area (Å²) in [5, 5.41) is 13.3. The number of ether oxygens (including phenoxy) is 1. The zero-order chi connectivity index (χ0) is 13.7. The second kappa shape index (κ2) is 6.57. The summed E-state index contributed by atoms with van der Waals surface area (Å²) in [6, 6.07) is 0.413. The molecule has 1 heterocycles. The smallest absolute Gasteiger partial charge is 0.409 e. The van der Waals surface area contributed by atoms with Gasteiger partial charge in [-0.1, -0.05) is 12.8 Å². The van der Waals surface area contributed by atoms with E-state index in [1.807, 2.05) is 6.92 Å². The first-order chi connectivity index (χ1) is 9.19. The van der Waals surface area contributed by atoms with Gasteiger partial charge in [-0.2, -0.15) is 0 Å². The lowest BCUT2D eigenvalue weighted by atomic mass is 9.94. The molecule has 1 aliphatic carbocycles. The van der Waals surface area contributed by atoms with Gasteiger partial charge in [0.05, 0.1) is 13.2 Å². The topological polar surface area (TPSA) is 61.8 Å². The van der Waals surface area contributed by atoms with Crippen molar-refractivity contribution in [3.05, 3.63) is 0 Å². The molecule has 1 saturated carbocycles. The van der Waals surface area contributed by atoms with Crippen LogP contribution in [0.1, 0.15) is 45.4 Å². The van der Waals surface area contributed by atoms with Gasteiger partial charge < -0.3 is 20.1 Å². The number of aliphatic hydroxyl groups excluding tert-OH is 1. The number of aliphatic hydroxyl groups is 1. The maximum absolute atomic E-state index is 11.6. The molecule has 2 rings (SSSR count). The van der Waals surface area contributed by atoms with Crippen molar-refractivity contribution < 1.29 is 14.6 Å². The van der Waals surface area contributed by atoms with Gasteiger partial charge in [0.15, 0.2) is 0 Å². The molecule has 0 aromatic rings. The maximum Gasteiger partial charge on any atom is 0.409 e. The van der Waals surface area contributed by atoms with E-state index in [1.54, 1.807) is 4.90 Å². The van der Waals surface area contributed by atoms with Gasteiger partial charge in [-0.15, -0.1) is 0 Å². The molecule has 0 atom stereocenters. The normalized spacial score (nSPS) is 23.6. The largest absolute Gasteiger partial charge is 0.450 e. The Balaban J connectivity index is 1.78. The van der Waals surface area contributed by atoms with Gasteiger partial charge in [0.2, 0.25) is 0 Å². The second-order valence-electron chi connectivity index (χ2n) is 5.75. The van der Waals surface area contributed by atoms with Crippen molar-refractivity contribution >= 4 is 6.09 Å². The predicted molar refractivity (Wildman–Crippen MR) is 73.0 cm³/mol. The molecule has 0 radical (unpaired) electrons. The van der Waals surface area contributed by atoms with Crippen LogP contribution in [0.15, 0.2) is 0 Å². The van der Waals surface area contributed by atoms with E-state index in [9.17, 15) is 9.90 Å². The van der Waals surface area contributed by atoms with Gasteiger partial charge in [0.1, 0.15) is 0 Å². The third kappa shape index (κ3) is 3.60. The minimum absolute atomic E-state index is 0.0588. The number of nitrogens with zero attached hydrogens (tertiary/aromatic N) is 1. The molecule has 19 heavy (non-hydrogen) atoms. The van der Waals surface area contributed by atoms with Crippen LogP contribution in [-0.4, -0.2) is 54.0 Å². The van der Waals surface area contributed by atoms with Crippen LogP contribution in [0.4, 0.5) is 4.79 Å². The number of carbonyl (C=O) groups is 1. The number of piperidine rings is 1. The molecule has 0 unspecified atom stereocenters. The molecule has 5 heteroatoms. The van der Waals surface area contributed by atoms with Crippen molar-refractivity contribution in [3.63, 3.8) is 0 Å². The SMILES string of the molecule is CCOC(=O)N1CCC(NC2(CO)CCCC2)CC1. The molecule has 5 nitrogen and oxygen atoms in total. The monoisotopic (exact) mass is 270 g/mol. The molecule has 0 aromatic heterocycles. The lowest BCUT2D eigenvalue weighted by Gasteiger charge is -2.38. The van der Waals surface area contributed by atoms with Gasteiger partial charge in [-0.05, 0) is 32.6 Å². The summed E-state index contributed by atoms with van der Waals surface area (Å²) < 4.78 is 5.02. The molecule has 2 aliphatic rings. The quantitative estimate of drug-likeness (QED) is 0.812. The summed E-state index contributed by atoms with van der Waals surface area (Å²) in [7, 11) is 0. The molecule has 1 aliphatic heterocycles. The van der Waals surface area contributed by atoms with E-state index in [2.05, 4.69) is 5.32 Å². The van der Waals surface area contributed by atoms with Crippen LogP contribution in [-0.2, 0) is 4.74 Å². The Labute approximate surface area is 115 Å². The summed E-state index contributed by atoms with van der Waals surface area (Å²) in [6.45, 7) is 3.99. The molecule has 2 N–H and O–H groups in total. The van der Waals surface area contributed by atoms with Crippen LogP contribution < -0.4 is 5.32 Å². The van der Waals surface area contributed by atoms with Crippen LogP contribution in [0, 0.1) is 0 Å². The van der Waals surface area contributed by atoms with Crippen LogP contribution in [0.2, 0.25) is 0 Å². The zero-order valence-corrected chi connectivity index (χ0v) is 11.9. The minimum Gasteiger partial charge on any atom is -0.450 e. The van der Waals surface area contributed by atoms with Gasteiger partial charge >= 0.3 is 6.09 Å². The first-order valence-electron chi connectivity index (χ1n) is 7.49. The number of likely N-dealkylation sites (tertiary alicyclic amines) is 1. The predicted octanol–water partition coefficient (Wildman–Crippen LogP) is 1.50. The lowest BCUT2D eigenvalue weighted by molar-refractivity contribution is 0.0860. The van der Waals surface area contributed by atoms with E-state index < -0.39 is 0 Å². The highest BCUT2D eigenvalue weighted by Gasteiger charge is 2.36. The second-order valence-corrected chi connectivity index (χ2v) is 5.75. The van der Waals surface area contributed by atoms with Crippen molar-refractivity contribution in [3.8, 4) is 0 Å². The van der Waals surface area contributed by atoms with Crippen molar-refractivity contribution in [2.75, 3.05) is 26.3 Å². The van der Waals surface area contributed by atoms with Crippen molar-refractivity contribution in [2.45, 2.75) is 57.0 Å². The van der Waals surface area contributed by atoms with Gasteiger partial charge in [0, 0.05) is 24.7 Å². The summed E-state index contributed by atoms with van der Waals surface area (Å²) in [6.07, 6.45) is 6.24. The maximum atomic E-state index is 11.6. The Morgan fingerprint density at radius 1 is 1.37 bits per heavy atom. The van der Waals surface area contributed by atoms with E-state index in [-0.39, 0.29) is 18.2 Å². The third-order valence-electron chi connectivity index (χ3n) is 4.39. The number of hydrogen-bond donors (Lipinski definition) is 2. The standard InChI is InChI=1S/C14H26N2O3/c1-2-19-13(18)16-9-5-12(6-10-16)15-14(11-17)7-3-4-8-14/h12,15,17H,2-11H2,1H3. The van der Waals surface area contributed by atoms with Crippen LogP contribution in [0.5, 0.6) is 0 Å². The molecule has 0 aromatic carbocycles. The van der Waals surface area contributed by atoms with Crippen molar-refractivity contribution in [1.29, 1.82) is 0 Å². The first kappa shape index (κ1) is 14.6. The van der Waals surface area contributed by atoms with Crippen LogP contribution in [0.3, 0.4) is 0 Å². The molecular formula is C14H26N2O3. The van der Waals surface area contributed by atoms with Crippen molar-refractivity contribution in [1.82, 2.24) is 10.2 Å². The molecule has 0 bridgehead atoms. The molecule has 0 spiro atoms. The summed E-state index contributed by atoms with van der Waals surface area (Å²) in [4.78, 5) is 13.4. The molecule has 2 fully saturated rings. The average molecular weight is 270 g/mol. The fourth-order valence-electron chi connectivity index (χ4n) is 3.25. The zero-order valence-electron chi connectivity index (χ0n) is 11.9. The summed E-state index contributed by atoms with van der Waals surface area (Å²) >= 11 is 0. The number of rotatable bonds is 4. The average Bonchev–Trinajstić information content (AvgIpc) is 2.89. The fourth-order valence-corrected chi connectivity index (χ4v) is 3.25. The molecule has 1 saturated heterocycles. The number of amides is 1. The summed E-state index contributed by atoms with van der Waals surface area (Å²) in [5.41, 5.74) is -0.0588. The highest BCUT2D eigenvalue weighted by atomic mass is 16.6. The Hall–Kier alpha value is -0.810. The summed E-state index contributed by atoms with van der Waals surface area (Å²) in [5.74, 6) is 0. The van der Waals surface area contributed by atoms with Crippen molar-refractivity contribution in [2.24, 2.45) is 0 Å². The number of hydrogen-bond acceptors (Lipinski definition) is 4. The first-order valence-corrected chi connectivity index (χ1v) is 7.49. The van der Waals surface area contributed by atoms with E-state index in [1.165, 1.54) is 12.8 Å². The molecule has 1 amide bonds. The van der Waals surface area contributed by atoms with Crippen LogP contribution >= 0.6 is 0 Å². The van der Waals surface area contributed by atoms with Gasteiger partial charge in [-0.25, -0.2) is 4.79 Å². The van der Waals surface area contributed by atoms with E-state index in [0.29, 0.717) is 12.6 Å². The lowest BCUT2D eigenvalue weighted by Crippen LogP contribution is -2.54. The highest BCUT2D eigenvalue weighted by molar-refractivity contribution is 5.67. The number of nitrogens with one attached hydrogen (secondary N) is 1. The Kier molecular flexibility index (Phi) is 5.05.